The molecule has 6 nitrogen and oxygen atoms in total. The van der Waals surface area contributed by atoms with Crippen LogP contribution < -0.4 is 5.32 Å². The number of carbonyl (C=O) groups is 3. The Kier molecular flexibility index (Phi) is 6.14. The van der Waals surface area contributed by atoms with Gasteiger partial charge in [0.25, 0.3) is 0 Å². The number of amides is 1. The number of nitrogens with one attached hydrogen (secondary N) is 1. The molecule has 0 saturated carbocycles. The minimum atomic E-state index is -1.10. The van der Waals surface area contributed by atoms with Crippen molar-refractivity contribution in [2.45, 2.75) is 39.2 Å². The molecular formula is C10H17NO5. The zero-order chi connectivity index (χ0) is 12.7. The molecule has 0 saturated heterocycles. The summed E-state index contributed by atoms with van der Waals surface area (Å²) < 4.78 is 0. The number of hydrogen-bond acceptors (Lipinski definition) is 3. The molecule has 0 fully saturated rings. The van der Waals surface area contributed by atoms with E-state index in [1.165, 1.54) is 0 Å². The number of hydrogen-bond donors (Lipinski definition) is 3. The highest BCUT2D eigenvalue weighted by atomic mass is 16.4. The second kappa shape index (κ2) is 6.81. The van der Waals surface area contributed by atoms with Gasteiger partial charge in [0.2, 0.25) is 5.91 Å². The SMILES string of the molecule is CC[C@@H](C)[C@H](NC(=O)CCC(=O)O)C(=O)O. The summed E-state index contributed by atoms with van der Waals surface area (Å²) >= 11 is 0. The van der Waals surface area contributed by atoms with Crippen molar-refractivity contribution in [3.8, 4) is 0 Å². The fourth-order valence-corrected chi connectivity index (χ4v) is 1.15. The van der Waals surface area contributed by atoms with E-state index >= 15 is 0 Å². The molecule has 1 amide bonds. The summed E-state index contributed by atoms with van der Waals surface area (Å²) in [5.74, 6) is -2.91. The molecule has 16 heavy (non-hydrogen) atoms. The Morgan fingerprint density at radius 1 is 1.19 bits per heavy atom. The maximum atomic E-state index is 11.2. The summed E-state index contributed by atoms with van der Waals surface area (Å²) in [5.41, 5.74) is 0. The summed E-state index contributed by atoms with van der Waals surface area (Å²) in [7, 11) is 0. The molecule has 3 N–H and O–H groups in total. The molecule has 0 aromatic rings. The van der Waals surface area contributed by atoms with Crippen molar-refractivity contribution in [1.29, 1.82) is 0 Å². The molecule has 0 aromatic carbocycles. The quantitative estimate of drug-likeness (QED) is 0.590. The lowest BCUT2D eigenvalue weighted by Gasteiger charge is -2.19. The molecule has 0 aliphatic rings. The minimum Gasteiger partial charge on any atom is -0.481 e. The summed E-state index contributed by atoms with van der Waals surface area (Å²) in [6.45, 7) is 3.54. The number of rotatable bonds is 7. The van der Waals surface area contributed by atoms with Crippen LogP contribution in [-0.2, 0) is 14.4 Å². The van der Waals surface area contributed by atoms with Crippen LogP contribution in [0.3, 0.4) is 0 Å². The molecule has 0 aromatic heterocycles. The van der Waals surface area contributed by atoms with Crippen LogP contribution in [0.1, 0.15) is 33.1 Å². The molecule has 2 atom stereocenters. The van der Waals surface area contributed by atoms with Crippen molar-refractivity contribution in [2.24, 2.45) is 5.92 Å². The zero-order valence-electron chi connectivity index (χ0n) is 9.40. The van der Waals surface area contributed by atoms with Crippen LogP contribution in [0.25, 0.3) is 0 Å². The van der Waals surface area contributed by atoms with E-state index in [9.17, 15) is 14.4 Å². The van der Waals surface area contributed by atoms with Gasteiger partial charge < -0.3 is 15.5 Å². The molecule has 0 spiro atoms. The summed E-state index contributed by atoms with van der Waals surface area (Å²) in [6, 6.07) is -0.953. The van der Waals surface area contributed by atoms with Crippen molar-refractivity contribution >= 4 is 17.8 Å². The Balaban J connectivity index is 4.24. The first-order valence-corrected chi connectivity index (χ1v) is 5.12. The van der Waals surface area contributed by atoms with Crippen LogP contribution in [0.5, 0.6) is 0 Å². The van der Waals surface area contributed by atoms with Gasteiger partial charge in [-0.2, -0.15) is 0 Å². The Morgan fingerprint density at radius 2 is 1.75 bits per heavy atom. The number of aliphatic carboxylic acids is 2. The molecular weight excluding hydrogens is 214 g/mol. The van der Waals surface area contributed by atoms with Gasteiger partial charge in [0.05, 0.1) is 6.42 Å². The zero-order valence-corrected chi connectivity index (χ0v) is 9.40. The molecule has 0 radical (unpaired) electrons. The largest absolute Gasteiger partial charge is 0.481 e. The fourth-order valence-electron chi connectivity index (χ4n) is 1.15. The van der Waals surface area contributed by atoms with Gasteiger partial charge in [-0.05, 0) is 5.92 Å². The molecule has 0 unspecified atom stereocenters. The molecule has 0 bridgehead atoms. The van der Waals surface area contributed by atoms with Crippen LogP contribution in [0.15, 0.2) is 0 Å². The standard InChI is InChI=1S/C10H17NO5/c1-3-6(2)9(10(15)16)11-7(12)4-5-8(13)14/h6,9H,3-5H2,1-2H3,(H,11,12)(H,13,14)(H,15,16)/t6-,9+/m1/s1. The Labute approximate surface area is 93.6 Å². The summed E-state index contributed by atoms with van der Waals surface area (Å²) in [6.07, 6.45) is 0.129. The fraction of sp³-hybridized carbons (Fsp3) is 0.700. The number of carboxylic acids is 2. The van der Waals surface area contributed by atoms with Crippen LogP contribution in [0, 0.1) is 5.92 Å². The first-order chi connectivity index (χ1) is 7.38. The van der Waals surface area contributed by atoms with Gasteiger partial charge in [0.1, 0.15) is 6.04 Å². The van der Waals surface area contributed by atoms with E-state index in [-0.39, 0.29) is 18.8 Å². The highest BCUT2D eigenvalue weighted by Gasteiger charge is 2.25. The Bertz CT molecular complexity index is 276. The predicted molar refractivity (Wildman–Crippen MR) is 55.9 cm³/mol. The average molecular weight is 231 g/mol. The van der Waals surface area contributed by atoms with Crippen molar-refractivity contribution in [3.63, 3.8) is 0 Å². The lowest BCUT2D eigenvalue weighted by atomic mass is 9.99. The van der Waals surface area contributed by atoms with E-state index in [4.69, 9.17) is 10.2 Å². The lowest BCUT2D eigenvalue weighted by molar-refractivity contribution is -0.143. The normalized spacial score (nSPS) is 13.9. The Hall–Kier alpha value is -1.59. The van der Waals surface area contributed by atoms with Gasteiger partial charge >= 0.3 is 11.9 Å². The number of carboxylic acid groups (broad SMARTS) is 2. The van der Waals surface area contributed by atoms with Crippen molar-refractivity contribution in [3.05, 3.63) is 0 Å². The van der Waals surface area contributed by atoms with E-state index < -0.39 is 23.9 Å². The molecule has 0 aliphatic heterocycles. The smallest absolute Gasteiger partial charge is 0.326 e. The first kappa shape index (κ1) is 14.4. The monoisotopic (exact) mass is 231 g/mol. The van der Waals surface area contributed by atoms with Crippen LogP contribution in [0.4, 0.5) is 0 Å². The van der Waals surface area contributed by atoms with Gasteiger partial charge in [-0.3, -0.25) is 9.59 Å². The highest BCUT2D eigenvalue weighted by molar-refractivity contribution is 5.85. The maximum Gasteiger partial charge on any atom is 0.326 e. The second-order valence-corrected chi connectivity index (χ2v) is 3.66. The van der Waals surface area contributed by atoms with Gasteiger partial charge in [0.15, 0.2) is 0 Å². The van der Waals surface area contributed by atoms with Crippen LogP contribution >= 0.6 is 0 Å². The van der Waals surface area contributed by atoms with Crippen molar-refractivity contribution in [2.75, 3.05) is 0 Å². The average Bonchev–Trinajstić information content (AvgIpc) is 2.21. The van der Waals surface area contributed by atoms with E-state index in [1.807, 2.05) is 6.92 Å². The van der Waals surface area contributed by atoms with Crippen molar-refractivity contribution in [1.82, 2.24) is 5.32 Å². The van der Waals surface area contributed by atoms with Crippen LogP contribution in [-0.4, -0.2) is 34.1 Å². The molecule has 6 heteroatoms. The topological polar surface area (TPSA) is 104 Å². The van der Waals surface area contributed by atoms with E-state index in [0.29, 0.717) is 6.42 Å². The third kappa shape index (κ3) is 5.33. The molecule has 0 rings (SSSR count). The molecule has 92 valence electrons. The first-order valence-electron chi connectivity index (χ1n) is 5.12. The lowest BCUT2D eigenvalue weighted by Crippen LogP contribution is -2.45. The van der Waals surface area contributed by atoms with Crippen LogP contribution in [0.2, 0.25) is 0 Å². The third-order valence-corrected chi connectivity index (χ3v) is 2.36. The van der Waals surface area contributed by atoms with Gasteiger partial charge in [-0.1, -0.05) is 20.3 Å². The van der Waals surface area contributed by atoms with Gasteiger partial charge in [-0.25, -0.2) is 4.79 Å². The minimum absolute atomic E-state index is 0.189. The van der Waals surface area contributed by atoms with E-state index in [2.05, 4.69) is 5.32 Å². The van der Waals surface area contributed by atoms with E-state index in [0.717, 1.165) is 0 Å². The molecule has 0 heterocycles. The number of carbonyl (C=O) groups excluding carboxylic acids is 1. The van der Waals surface area contributed by atoms with Gasteiger partial charge in [0, 0.05) is 6.42 Å². The van der Waals surface area contributed by atoms with Gasteiger partial charge in [-0.15, -0.1) is 0 Å². The summed E-state index contributed by atoms with van der Waals surface area (Å²) in [4.78, 5) is 32.3. The Morgan fingerprint density at radius 3 is 2.12 bits per heavy atom. The second-order valence-electron chi connectivity index (χ2n) is 3.66. The molecule has 0 aliphatic carbocycles. The highest BCUT2D eigenvalue weighted by Crippen LogP contribution is 2.08. The maximum absolute atomic E-state index is 11.2. The summed E-state index contributed by atoms with van der Waals surface area (Å²) in [5, 5.41) is 19.6. The third-order valence-electron chi connectivity index (χ3n) is 2.36. The van der Waals surface area contributed by atoms with E-state index in [1.54, 1.807) is 6.92 Å². The predicted octanol–water partition coefficient (Wildman–Crippen LogP) is 0.467. The van der Waals surface area contributed by atoms with Crippen molar-refractivity contribution < 1.29 is 24.6 Å².